The zero-order valence-electron chi connectivity index (χ0n) is 18.0. The largest absolute Gasteiger partial charge is 0.489 e. The predicted molar refractivity (Wildman–Crippen MR) is 127 cm³/mol. The molecule has 1 atom stereocenters. The van der Waals surface area contributed by atoms with Crippen LogP contribution < -0.4 is 10.1 Å². The van der Waals surface area contributed by atoms with Crippen molar-refractivity contribution in [3.63, 3.8) is 0 Å². The molecule has 0 aliphatic heterocycles. The summed E-state index contributed by atoms with van der Waals surface area (Å²) in [4.78, 5) is 0. The maximum Gasteiger partial charge on any atom is 0.124 e. The Balaban J connectivity index is 1.26. The Morgan fingerprint density at radius 2 is 1.74 bits per heavy atom. The van der Waals surface area contributed by atoms with Crippen LogP contribution in [-0.2, 0) is 13.2 Å². The zero-order chi connectivity index (χ0) is 21.6. The molecular formula is C26H30BrClFNO. The van der Waals surface area contributed by atoms with Crippen molar-refractivity contribution in [1.29, 1.82) is 0 Å². The van der Waals surface area contributed by atoms with Gasteiger partial charge in [-0.05, 0) is 98.9 Å². The van der Waals surface area contributed by atoms with Gasteiger partial charge in [-0.25, -0.2) is 4.39 Å². The summed E-state index contributed by atoms with van der Waals surface area (Å²) in [5, 5.41) is 4.26. The van der Waals surface area contributed by atoms with Crippen molar-refractivity contribution < 1.29 is 9.13 Å². The smallest absolute Gasteiger partial charge is 0.124 e. The molecular weight excluding hydrogens is 477 g/mol. The van der Waals surface area contributed by atoms with Gasteiger partial charge < -0.3 is 10.1 Å². The summed E-state index contributed by atoms with van der Waals surface area (Å²) in [6, 6.07) is 11.0. The normalized spacial score (nSPS) is 29.9. The van der Waals surface area contributed by atoms with E-state index in [0.29, 0.717) is 23.1 Å². The third-order valence-electron chi connectivity index (χ3n) is 8.02. The SMILES string of the molecule is CC(NCc1cc(Br)ccc1OCc1ccc(F)cc1Cl)C12CC3CC(CC(C3)C1)C2. The number of ether oxygens (including phenoxy) is 1. The quantitative estimate of drug-likeness (QED) is 0.419. The van der Waals surface area contributed by atoms with E-state index in [9.17, 15) is 4.39 Å². The lowest BCUT2D eigenvalue weighted by atomic mass is 9.48. The molecule has 2 aromatic carbocycles. The molecule has 2 aromatic rings. The van der Waals surface area contributed by atoms with E-state index in [0.717, 1.165) is 45.6 Å². The summed E-state index contributed by atoms with van der Waals surface area (Å²) in [7, 11) is 0. The molecule has 6 rings (SSSR count). The molecule has 0 radical (unpaired) electrons. The predicted octanol–water partition coefficient (Wildman–Crippen LogP) is 7.52. The average molecular weight is 507 g/mol. The lowest BCUT2D eigenvalue weighted by Gasteiger charge is -2.59. The molecule has 166 valence electrons. The Morgan fingerprint density at radius 1 is 1.06 bits per heavy atom. The van der Waals surface area contributed by atoms with Crippen molar-refractivity contribution in [2.45, 2.75) is 64.6 Å². The van der Waals surface area contributed by atoms with Crippen molar-refractivity contribution in [1.82, 2.24) is 5.32 Å². The van der Waals surface area contributed by atoms with E-state index < -0.39 is 0 Å². The lowest BCUT2D eigenvalue weighted by Crippen LogP contribution is -2.54. The Morgan fingerprint density at radius 3 is 2.39 bits per heavy atom. The molecule has 4 saturated carbocycles. The molecule has 0 heterocycles. The van der Waals surface area contributed by atoms with Crippen molar-refractivity contribution in [2.75, 3.05) is 0 Å². The fourth-order valence-corrected chi connectivity index (χ4v) is 7.44. The van der Waals surface area contributed by atoms with E-state index in [1.165, 1.54) is 50.7 Å². The first-order valence-electron chi connectivity index (χ1n) is 11.5. The third-order valence-corrected chi connectivity index (χ3v) is 8.87. The average Bonchev–Trinajstić information content (AvgIpc) is 2.71. The van der Waals surface area contributed by atoms with Gasteiger partial charge in [0.25, 0.3) is 0 Å². The molecule has 0 saturated heterocycles. The number of benzene rings is 2. The second kappa shape index (κ2) is 8.68. The Labute approximate surface area is 198 Å². The highest BCUT2D eigenvalue weighted by molar-refractivity contribution is 9.10. The standard InChI is InChI=1S/C26H30BrClFNO/c1-16(26-11-17-6-18(12-26)8-19(7-17)13-26)30-14-21-9-22(27)3-5-25(21)31-15-20-2-4-23(29)10-24(20)28/h2-5,9-10,16-19,30H,6-8,11-15H2,1H3. The highest BCUT2D eigenvalue weighted by Gasteiger charge is 2.52. The fraction of sp³-hybridized carbons (Fsp3) is 0.538. The molecule has 5 heteroatoms. The van der Waals surface area contributed by atoms with Crippen LogP contribution in [-0.4, -0.2) is 6.04 Å². The van der Waals surface area contributed by atoms with Crippen LogP contribution in [0, 0.1) is 29.0 Å². The first kappa shape index (κ1) is 21.7. The molecule has 4 aliphatic carbocycles. The van der Waals surface area contributed by atoms with Crippen molar-refractivity contribution in [3.8, 4) is 5.75 Å². The van der Waals surface area contributed by atoms with Crippen LogP contribution in [0.25, 0.3) is 0 Å². The molecule has 31 heavy (non-hydrogen) atoms. The van der Waals surface area contributed by atoms with E-state index >= 15 is 0 Å². The van der Waals surface area contributed by atoms with E-state index in [1.54, 1.807) is 6.07 Å². The van der Waals surface area contributed by atoms with Gasteiger partial charge in [-0.3, -0.25) is 0 Å². The number of rotatable bonds is 7. The first-order valence-corrected chi connectivity index (χ1v) is 12.7. The summed E-state index contributed by atoms with van der Waals surface area (Å²) in [6.07, 6.45) is 8.62. The zero-order valence-corrected chi connectivity index (χ0v) is 20.3. The first-order chi connectivity index (χ1) is 14.9. The van der Waals surface area contributed by atoms with E-state index in [2.05, 4.69) is 34.2 Å². The van der Waals surface area contributed by atoms with E-state index in [4.69, 9.17) is 16.3 Å². The summed E-state index contributed by atoms with van der Waals surface area (Å²) in [5.74, 6) is 3.39. The van der Waals surface area contributed by atoms with Crippen LogP contribution in [0.1, 0.15) is 56.6 Å². The molecule has 4 bridgehead atoms. The number of halogens is 3. The van der Waals surface area contributed by atoms with Crippen LogP contribution in [0.3, 0.4) is 0 Å². The molecule has 4 fully saturated rings. The monoisotopic (exact) mass is 505 g/mol. The van der Waals surface area contributed by atoms with Crippen LogP contribution >= 0.6 is 27.5 Å². The molecule has 0 amide bonds. The minimum absolute atomic E-state index is 0.318. The van der Waals surface area contributed by atoms with Crippen LogP contribution in [0.2, 0.25) is 5.02 Å². The second-order valence-corrected chi connectivity index (χ2v) is 11.5. The van der Waals surface area contributed by atoms with Crippen molar-refractivity contribution >= 4 is 27.5 Å². The van der Waals surface area contributed by atoms with Gasteiger partial charge in [-0.2, -0.15) is 0 Å². The van der Waals surface area contributed by atoms with Crippen molar-refractivity contribution in [2.24, 2.45) is 23.2 Å². The van der Waals surface area contributed by atoms with E-state index in [1.807, 2.05) is 12.1 Å². The van der Waals surface area contributed by atoms with Gasteiger partial charge in [-0.15, -0.1) is 0 Å². The maximum atomic E-state index is 13.3. The van der Waals surface area contributed by atoms with Gasteiger partial charge in [0, 0.05) is 28.2 Å². The summed E-state index contributed by atoms with van der Waals surface area (Å²) >= 11 is 9.78. The summed E-state index contributed by atoms with van der Waals surface area (Å²) in [5.41, 5.74) is 2.39. The molecule has 1 unspecified atom stereocenters. The van der Waals surface area contributed by atoms with Gasteiger partial charge in [0.2, 0.25) is 0 Å². The van der Waals surface area contributed by atoms with Crippen LogP contribution in [0.15, 0.2) is 40.9 Å². The molecule has 0 spiro atoms. The van der Waals surface area contributed by atoms with E-state index in [-0.39, 0.29) is 5.82 Å². The van der Waals surface area contributed by atoms with Gasteiger partial charge in [0.1, 0.15) is 18.2 Å². The molecule has 4 aliphatic rings. The Hall–Kier alpha value is -1.10. The lowest BCUT2D eigenvalue weighted by molar-refractivity contribution is -0.0706. The molecule has 2 nitrogen and oxygen atoms in total. The number of nitrogens with one attached hydrogen (secondary N) is 1. The van der Waals surface area contributed by atoms with Gasteiger partial charge in [0.15, 0.2) is 0 Å². The Kier molecular flexibility index (Phi) is 6.09. The maximum absolute atomic E-state index is 13.3. The second-order valence-electron chi connectivity index (χ2n) is 10.2. The van der Waals surface area contributed by atoms with Gasteiger partial charge in [0.05, 0.1) is 5.02 Å². The summed E-state index contributed by atoms with van der Waals surface area (Å²) < 4.78 is 20.5. The van der Waals surface area contributed by atoms with Crippen LogP contribution in [0.4, 0.5) is 4.39 Å². The highest BCUT2D eigenvalue weighted by atomic mass is 79.9. The molecule has 1 N–H and O–H groups in total. The minimum atomic E-state index is -0.332. The fourth-order valence-electron chi connectivity index (χ4n) is 6.81. The Bertz CT molecular complexity index is 929. The van der Waals surface area contributed by atoms with Gasteiger partial charge >= 0.3 is 0 Å². The van der Waals surface area contributed by atoms with Gasteiger partial charge in [-0.1, -0.05) is 33.6 Å². The topological polar surface area (TPSA) is 21.3 Å². The number of hydrogen-bond donors (Lipinski definition) is 1. The van der Waals surface area contributed by atoms with Crippen molar-refractivity contribution in [3.05, 3.63) is 62.8 Å². The summed E-state index contributed by atoms with van der Waals surface area (Å²) in [6.45, 7) is 3.48. The molecule has 0 aromatic heterocycles. The van der Waals surface area contributed by atoms with Crippen LogP contribution in [0.5, 0.6) is 5.75 Å². The number of hydrogen-bond acceptors (Lipinski definition) is 2. The minimum Gasteiger partial charge on any atom is -0.489 e. The third kappa shape index (κ3) is 4.54. The highest BCUT2D eigenvalue weighted by Crippen LogP contribution is 2.61.